The van der Waals surface area contributed by atoms with Crippen LogP contribution in [0, 0.1) is 5.92 Å². The van der Waals surface area contributed by atoms with Crippen molar-refractivity contribution in [2.24, 2.45) is 11.7 Å². The molecule has 0 aromatic carbocycles. The van der Waals surface area contributed by atoms with Gasteiger partial charge in [0.05, 0.1) is 0 Å². The predicted octanol–water partition coefficient (Wildman–Crippen LogP) is 1.49. The van der Waals surface area contributed by atoms with Gasteiger partial charge in [-0.25, -0.2) is 0 Å². The van der Waals surface area contributed by atoms with Crippen LogP contribution in [-0.4, -0.2) is 43.0 Å². The van der Waals surface area contributed by atoms with E-state index in [-0.39, 0.29) is 17.9 Å². The van der Waals surface area contributed by atoms with Crippen molar-refractivity contribution in [3.05, 3.63) is 0 Å². The number of carbonyl (C=O) groups excluding carboxylic acids is 1. The molecule has 2 saturated carbocycles. The maximum Gasteiger partial charge on any atom is 0.223 e. The maximum absolute atomic E-state index is 12.1. The highest BCUT2D eigenvalue weighted by Crippen LogP contribution is 2.23. The molecule has 2 fully saturated rings. The molecule has 2 rings (SSSR count). The summed E-state index contributed by atoms with van der Waals surface area (Å²) >= 11 is 0. The molecule has 2 atom stereocenters. The van der Waals surface area contributed by atoms with Crippen LogP contribution in [0.3, 0.4) is 0 Å². The van der Waals surface area contributed by atoms with Gasteiger partial charge in [0.1, 0.15) is 0 Å². The standard InChI is InChI=1S/C15H29N3O/c1-18(14-7-2-3-8-14)10-9-17-15(19)12-5-4-6-13(16)11-12/h12-14H,2-11,16H2,1H3,(H,17,19). The number of nitrogens with zero attached hydrogens (tertiary/aromatic N) is 1. The minimum absolute atomic E-state index is 0.153. The van der Waals surface area contributed by atoms with E-state index >= 15 is 0 Å². The molecule has 1 amide bonds. The fourth-order valence-corrected chi connectivity index (χ4v) is 3.49. The van der Waals surface area contributed by atoms with Crippen molar-refractivity contribution in [2.75, 3.05) is 20.1 Å². The lowest BCUT2D eigenvalue weighted by Crippen LogP contribution is -2.41. The van der Waals surface area contributed by atoms with Gasteiger partial charge in [-0.3, -0.25) is 4.79 Å². The van der Waals surface area contributed by atoms with Gasteiger partial charge in [0, 0.05) is 31.1 Å². The van der Waals surface area contributed by atoms with Gasteiger partial charge >= 0.3 is 0 Å². The van der Waals surface area contributed by atoms with Crippen molar-refractivity contribution < 1.29 is 4.79 Å². The van der Waals surface area contributed by atoms with Crippen LogP contribution in [0.15, 0.2) is 0 Å². The number of nitrogens with two attached hydrogens (primary N) is 1. The third-order valence-corrected chi connectivity index (χ3v) is 4.80. The zero-order valence-corrected chi connectivity index (χ0v) is 12.2. The van der Waals surface area contributed by atoms with E-state index in [1.165, 1.54) is 25.7 Å². The Morgan fingerprint density at radius 3 is 2.63 bits per heavy atom. The van der Waals surface area contributed by atoms with Gasteiger partial charge in [-0.05, 0) is 39.2 Å². The Morgan fingerprint density at radius 1 is 1.21 bits per heavy atom. The zero-order valence-electron chi connectivity index (χ0n) is 12.2. The van der Waals surface area contributed by atoms with E-state index in [2.05, 4.69) is 17.3 Å². The lowest BCUT2D eigenvalue weighted by molar-refractivity contribution is -0.126. The Bertz CT molecular complexity index is 289. The molecule has 0 aromatic heterocycles. The Hall–Kier alpha value is -0.610. The number of hydrogen-bond acceptors (Lipinski definition) is 3. The molecule has 0 bridgehead atoms. The normalized spacial score (nSPS) is 28.8. The van der Waals surface area contributed by atoms with Gasteiger partial charge < -0.3 is 16.0 Å². The molecule has 2 aliphatic rings. The fourth-order valence-electron chi connectivity index (χ4n) is 3.49. The summed E-state index contributed by atoms with van der Waals surface area (Å²) in [5.74, 6) is 0.371. The number of nitrogens with one attached hydrogen (secondary N) is 1. The van der Waals surface area contributed by atoms with E-state index in [0.29, 0.717) is 0 Å². The lowest BCUT2D eigenvalue weighted by Gasteiger charge is -2.27. The van der Waals surface area contributed by atoms with Crippen molar-refractivity contribution in [3.63, 3.8) is 0 Å². The zero-order chi connectivity index (χ0) is 13.7. The van der Waals surface area contributed by atoms with Gasteiger partial charge in [-0.2, -0.15) is 0 Å². The van der Waals surface area contributed by atoms with E-state index in [1.54, 1.807) is 0 Å². The first-order valence-corrected chi connectivity index (χ1v) is 7.90. The van der Waals surface area contributed by atoms with Crippen molar-refractivity contribution in [1.82, 2.24) is 10.2 Å². The predicted molar refractivity (Wildman–Crippen MR) is 77.8 cm³/mol. The van der Waals surface area contributed by atoms with Crippen molar-refractivity contribution in [1.29, 1.82) is 0 Å². The number of rotatable bonds is 5. The Balaban J connectivity index is 1.63. The lowest BCUT2D eigenvalue weighted by atomic mass is 9.85. The van der Waals surface area contributed by atoms with Gasteiger partial charge in [-0.1, -0.05) is 19.3 Å². The largest absolute Gasteiger partial charge is 0.355 e. The number of amides is 1. The quantitative estimate of drug-likeness (QED) is 0.793. The van der Waals surface area contributed by atoms with E-state index in [4.69, 9.17) is 5.73 Å². The Morgan fingerprint density at radius 2 is 1.95 bits per heavy atom. The molecule has 0 radical (unpaired) electrons. The molecule has 19 heavy (non-hydrogen) atoms. The molecule has 2 aliphatic carbocycles. The molecular weight excluding hydrogens is 238 g/mol. The average molecular weight is 267 g/mol. The van der Waals surface area contributed by atoms with Crippen LogP contribution in [0.4, 0.5) is 0 Å². The minimum atomic E-state index is 0.153. The molecule has 4 heteroatoms. The highest BCUT2D eigenvalue weighted by molar-refractivity contribution is 5.78. The number of carbonyl (C=O) groups is 1. The van der Waals surface area contributed by atoms with E-state index in [1.807, 2.05) is 0 Å². The smallest absolute Gasteiger partial charge is 0.223 e. The first-order chi connectivity index (χ1) is 9.16. The SMILES string of the molecule is CN(CCNC(=O)C1CCCC(N)C1)C1CCCC1. The van der Waals surface area contributed by atoms with E-state index in [0.717, 1.165) is 44.8 Å². The highest BCUT2D eigenvalue weighted by Gasteiger charge is 2.25. The summed E-state index contributed by atoms with van der Waals surface area (Å²) in [6.07, 6.45) is 9.42. The van der Waals surface area contributed by atoms with Crippen LogP contribution in [-0.2, 0) is 4.79 Å². The second kappa shape index (κ2) is 7.25. The monoisotopic (exact) mass is 267 g/mol. The first-order valence-electron chi connectivity index (χ1n) is 7.90. The van der Waals surface area contributed by atoms with Crippen molar-refractivity contribution in [3.8, 4) is 0 Å². The summed E-state index contributed by atoms with van der Waals surface area (Å²) in [6, 6.07) is 0.964. The van der Waals surface area contributed by atoms with Gasteiger partial charge in [0.2, 0.25) is 5.91 Å². The molecular formula is C15H29N3O. The van der Waals surface area contributed by atoms with Gasteiger partial charge in [-0.15, -0.1) is 0 Å². The number of likely N-dealkylation sites (N-methyl/N-ethyl adjacent to an activating group) is 1. The number of hydrogen-bond donors (Lipinski definition) is 2. The van der Waals surface area contributed by atoms with Crippen molar-refractivity contribution >= 4 is 5.91 Å². The Kier molecular flexibility index (Phi) is 5.64. The molecule has 0 aromatic rings. The topological polar surface area (TPSA) is 58.4 Å². The molecule has 3 N–H and O–H groups in total. The molecule has 110 valence electrons. The van der Waals surface area contributed by atoms with Crippen LogP contribution in [0.1, 0.15) is 51.4 Å². The molecule has 0 heterocycles. The molecule has 0 saturated heterocycles. The van der Waals surface area contributed by atoms with Crippen molar-refractivity contribution in [2.45, 2.75) is 63.5 Å². The summed E-state index contributed by atoms with van der Waals surface area (Å²) in [4.78, 5) is 14.5. The summed E-state index contributed by atoms with van der Waals surface area (Å²) < 4.78 is 0. The Labute approximate surface area is 117 Å². The van der Waals surface area contributed by atoms with Crippen LogP contribution in [0.5, 0.6) is 0 Å². The summed E-state index contributed by atoms with van der Waals surface area (Å²) in [7, 11) is 2.18. The third kappa shape index (κ3) is 4.46. The third-order valence-electron chi connectivity index (χ3n) is 4.80. The second-order valence-corrected chi connectivity index (χ2v) is 6.33. The first kappa shape index (κ1) is 14.8. The van der Waals surface area contributed by atoms with Crippen LogP contribution in [0.25, 0.3) is 0 Å². The summed E-state index contributed by atoms with van der Waals surface area (Å²) in [5.41, 5.74) is 5.93. The van der Waals surface area contributed by atoms with E-state index in [9.17, 15) is 4.79 Å². The fraction of sp³-hybridized carbons (Fsp3) is 0.933. The molecule has 0 spiro atoms. The maximum atomic E-state index is 12.1. The van der Waals surface area contributed by atoms with Crippen LogP contribution < -0.4 is 11.1 Å². The molecule has 2 unspecified atom stereocenters. The van der Waals surface area contributed by atoms with Gasteiger partial charge in [0.15, 0.2) is 0 Å². The van der Waals surface area contributed by atoms with E-state index < -0.39 is 0 Å². The van der Waals surface area contributed by atoms with Gasteiger partial charge in [0.25, 0.3) is 0 Å². The summed E-state index contributed by atoms with van der Waals surface area (Å²) in [6.45, 7) is 1.74. The minimum Gasteiger partial charge on any atom is -0.355 e. The average Bonchev–Trinajstić information content (AvgIpc) is 2.92. The van der Waals surface area contributed by atoms with Crippen LogP contribution >= 0.6 is 0 Å². The second-order valence-electron chi connectivity index (χ2n) is 6.33. The molecule has 4 nitrogen and oxygen atoms in total. The molecule has 0 aliphatic heterocycles. The summed E-state index contributed by atoms with van der Waals surface area (Å²) in [5, 5.41) is 3.09. The highest BCUT2D eigenvalue weighted by atomic mass is 16.1. The van der Waals surface area contributed by atoms with Crippen LogP contribution in [0.2, 0.25) is 0 Å².